The molecule has 6 nitrogen and oxygen atoms in total. The molecule has 7 heteroatoms. The van der Waals surface area contributed by atoms with E-state index in [1.165, 1.54) is 11.3 Å². The van der Waals surface area contributed by atoms with Crippen LogP contribution in [0.3, 0.4) is 0 Å². The van der Waals surface area contributed by atoms with Crippen LogP contribution in [0, 0.1) is 0 Å². The van der Waals surface area contributed by atoms with Crippen LogP contribution in [0.5, 0.6) is 0 Å². The molecule has 0 fully saturated rings. The highest BCUT2D eigenvalue weighted by Crippen LogP contribution is 2.24. The zero-order valence-electron chi connectivity index (χ0n) is 9.46. The Bertz CT molecular complexity index is 533. The number of carbonyl (C=O) groups excluding carboxylic acids is 1. The summed E-state index contributed by atoms with van der Waals surface area (Å²) in [6, 6.07) is 0. The van der Waals surface area contributed by atoms with Crippen LogP contribution in [0.1, 0.15) is 12.6 Å². The summed E-state index contributed by atoms with van der Waals surface area (Å²) in [5.74, 6) is 0.216. The van der Waals surface area contributed by atoms with Crippen LogP contribution >= 0.6 is 11.3 Å². The summed E-state index contributed by atoms with van der Waals surface area (Å²) in [5.41, 5.74) is 5.88. The number of anilines is 1. The van der Waals surface area contributed by atoms with Crippen LogP contribution in [-0.2, 0) is 11.4 Å². The molecule has 17 heavy (non-hydrogen) atoms. The molecule has 0 unspecified atom stereocenters. The lowest BCUT2D eigenvalue weighted by molar-refractivity contribution is -0.116. The van der Waals surface area contributed by atoms with Crippen molar-refractivity contribution in [1.29, 1.82) is 0 Å². The minimum Gasteiger partial charge on any atom is -0.390 e. The molecule has 1 amide bonds. The third-order valence-corrected chi connectivity index (χ3v) is 3.27. The first kappa shape index (κ1) is 11.9. The molecule has 0 spiro atoms. The van der Waals surface area contributed by atoms with Gasteiger partial charge in [0.1, 0.15) is 0 Å². The van der Waals surface area contributed by atoms with Gasteiger partial charge in [0.15, 0.2) is 10.8 Å². The number of imidazole rings is 1. The predicted octanol–water partition coefficient (Wildman–Crippen LogP) is 0.200. The van der Waals surface area contributed by atoms with Gasteiger partial charge >= 0.3 is 0 Å². The quantitative estimate of drug-likeness (QED) is 0.798. The van der Waals surface area contributed by atoms with Crippen LogP contribution in [0.2, 0.25) is 0 Å². The maximum atomic E-state index is 11.0. The van der Waals surface area contributed by atoms with E-state index >= 15 is 0 Å². The van der Waals surface area contributed by atoms with E-state index in [1.807, 2.05) is 22.9 Å². The predicted molar refractivity (Wildman–Crippen MR) is 66.1 cm³/mol. The van der Waals surface area contributed by atoms with Crippen molar-refractivity contribution >= 4 is 28.0 Å². The third kappa shape index (κ3) is 2.11. The largest absolute Gasteiger partial charge is 0.390 e. The molecule has 0 atom stereocenters. The number of primary amides is 1. The van der Waals surface area contributed by atoms with Crippen molar-refractivity contribution < 1.29 is 9.90 Å². The van der Waals surface area contributed by atoms with Gasteiger partial charge in [0, 0.05) is 18.1 Å². The molecular formula is C10H14N4O2S. The van der Waals surface area contributed by atoms with Gasteiger partial charge in [-0.3, -0.25) is 9.20 Å². The van der Waals surface area contributed by atoms with E-state index in [1.54, 1.807) is 4.90 Å². The van der Waals surface area contributed by atoms with Gasteiger partial charge in [-0.05, 0) is 6.92 Å². The minimum atomic E-state index is -0.410. The maximum Gasteiger partial charge on any atom is 0.236 e. The van der Waals surface area contributed by atoms with Gasteiger partial charge in [-0.25, -0.2) is 4.98 Å². The SMILES string of the molecule is CCN(CC(N)=O)c1nc2sccn2c1CO. The van der Waals surface area contributed by atoms with Gasteiger partial charge in [-0.2, -0.15) is 0 Å². The number of amides is 1. The number of hydrogen-bond acceptors (Lipinski definition) is 5. The molecule has 2 aromatic heterocycles. The van der Waals surface area contributed by atoms with Gasteiger partial charge in [0.2, 0.25) is 5.91 Å². The number of rotatable bonds is 5. The number of aromatic nitrogens is 2. The average Bonchev–Trinajstić information content (AvgIpc) is 2.84. The monoisotopic (exact) mass is 254 g/mol. The van der Waals surface area contributed by atoms with E-state index in [9.17, 15) is 9.90 Å². The van der Waals surface area contributed by atoms with Crippen LogP contribution in [0.25, 0.3) is 4.96 Å². The van der Waals surface area contributed by atoms with E-state index in [0.29, 0.717) is 18.1 Å². The molecule has 0 saturated carbocycles. The normalized spacial score (nSPS) is 10.9. The van der Waals surface area contributed by atoms with Crippen molar-refractivity contribution in [2.24, 2.45) is 5.73 Å². The molecule has 2 rings (SSSR count). The topological polar surface area (TPSA) is 83.9 Å². The molecule has 0 bridgehead atoms. The third-order valence-electron chi connectivity index (χ3n) is 2.52. The van der Waals surface area contributed by atoms with Crippen LogP contribution < -0.4 is 10.6 Å². The van der Waals surface area contributed by atoms with E-state index in [-0.39, 0.29) is 13.2 Å². The number of nitrogens with zero attached hydrogens (tertiary/aromatic N) is 3. The zero-order chi connectivity index (χ0) is 12.4. The van der Waals surface area contributed by atoms with Crippen LogP contribution in [-0.4, -0.2) is 33.5 Å². The molecule has 0 saturated heterocycles. The number of aliphatic hydroxyl groups excluding tert-OH is 1. The Morgan fingerprint density at radius 3 is 3.06 bits per heavy atom. The summed E-state index contributed by atoms with van der Waals surface area (Å²) < 4.78 is 1.82. The fraction of sp³-hybridized carbons (Fsp3) is 0.400. The molecule has 0 aliphatic rings. The highest BCUT2D eigenvalue weighted by Gasteiger charge is 2.18. The lowest BCUT2D eigenvalue weighted by atomic mass is 10.3. The fourth-order valence-corrected chi connectivity index (χ4v) is 2.47. The number of nitrogens with two attached hydrogens (primary N) is 1. The molecule has 0 aliphatic carbocycles. The lowest BCUT2D eigenvalue weighted by Crippen LogP contribution is -2.34. The van der Waals surface area contributed by atoms with Crippen molar-refractivity contribution in [3.63, 3.8) is 0 Å². The molecule has 0 aromatic carbocycles. The molecule has 2 aromatic rings. The van der Waals surface area contributed by atoms with Gasteiger partial charge in [0.05, 0.1) is 18.8 Å². The lowest BCUT2D eigenvalue weighted by Gasteiger charge is -2.19. The van der Waals surface area contributed by atoms with Crippen molar-refractivity contribution in [1.82, 2.24) is 9.38 Å². The number of likely N-dealkylation sites (N-methyl/N-ethyl adjacent to an activating group) is 1. The standard InChI is InChI=1S/C10H14N4O2S/c1-2-13(5-8(11)16)9-7(6-15)14-3-4-17-10(14)12-9/h3-4,15H,2,5-6H2,1H3,(H2,11,16). The Morgan fingerprint density at radius 1 is 1.71 bits per heavy atom. The van der Waals surface area contributed by atoms with E-state index < -0.39 is 5.91 Å². The highest BCUT2D eigenvalue weighted by atomic mass is 32.1. The Balaban J connectivity index is 2.44. The van der Waals surface area contributed by atoms with E-state index in [2.05, 4.69) is 4.98 Å². The summed E-state index contributed by atoms with van der Waals surface area (Å²) in [4.78, 5) is 17.9. The second kappa shape index (κ2) is 4.72. The van der Waals surface area contributed by atoms with Crippen molar-refractivity contribution in [3.05, 3.63) is 17.3 Å². The number of aliphatic hydroxyl groups is 1. The van der Waals surface area contributed by atoms with Gasteiger partial charge in [-0.15, -0.1) is 11.3 Å². The average molecular weight is 254 g/mol. The Kier molecular flexibility index (Phi) is 3.30. The summed E-state index contributed by atoms with van der Waals surface area (Å²) in [6.07, 6.45) is 1.85. The smallest absolute Gasteiger partial charge is 0.236 e. The molecule has 0 radical (unpaired) electrons. The maximum absolute atomic E-state index is 11.0. The Hall–Kier alpha value is -1.60. The Labute approximate surface area is 102 Å². The first-order valence-corrected chi connectivity index (χ1v) is 6.13. The van der Waals surface area contributed by atoms with Crippen LogP contribution in [0.15, 0.2) is 11.6 Å². The molecule has 92 valence electrons. The summed E-state index contributed by atoms with van der Waals surface area (Å²) in [7, 11) is 0. The molecule has 0 aliphatic heterocycles. The number of hydrogen-bond donors (Lipinski definition) is 2. The first-order valence-electron chi connectivity index (χ1n) is 5.26. The molecular weight excluding hydrogens is 240 g/mol. The summed E-state index contributed by atoms with van der Waals surface area (Å²) >= 11 is 1.48. The fourth-order valence-electron chi connectivity index (χ4n) is 1.75. The summed E-state index contributed by atoms with van der Waals surface area (Å²) in [6.45, 7) is 2.51. The van der Waals surface area contributed by atoms with Crippen molar-refractivity contribution in [2.75, 3.05) is 18.0 Å². The number of thiazole rings is 1. The van der Waals surface area contributed by atoms with E-state index in [0.717, 1.165) is 4.96 Å². The number of carbonyl (C=O) groups is 1. The first-order chi connectivity index (χ1) is 8.17. The second-order valence-electron chi connectivity index (χ2n) is 3.58. The van der Waals surface area contributed by atoms with Crippen LogP contribution in [0.4, 0.5) is 5.82 Å². The molecule has 3 N–H and O–H groups in total. The van der Waals surface area contributed by atoms with Gasteiger partial charge in [-0.1, -0.05) is 0 Å². The van der Waals surface area contributed by atoms with Crippen molar-refractivity contribution in [3.8, 4) is 0 Å². The number of fused-ring (bicyclic) bond motifs is 1. The van der Waals surface area contributed by atoms with Gasteiger partial charge < -0.3 is 15.7 Å². The second-order valence-corrected chi connectivity index (χ2v) is 4.45. The summed E-state index contributed by atoms with van der Waals surface area (Å²) in [5, 5.41) is 11.3. The van der Waals surface area contributed by atoms with Crippen molar-refractivity contribution in [2.45, 2.75) is 13.5 Å². The Morgan fingerprint density at radius 2 is 2.47 bits per heavy atom. The van der Waals surface area contributed by atoms with E-state index in [4.69, 9.17) is 5.73 Å². The minimum absolute atomic E-state index is 0.105. The zero-order valence-corrected chi connectivity index (χ0v) is 10.3. The van der Waals surface area contributed by atoms with Gasteiger partial charge in [0.25, 0.3) is 0 Å². The highest BCUT2D eigenvalue weighted by molar-refractivity contribution is 7.15. The molecule has 2 heterocycles.